The Morgan fingerprint density at radius 2 is 1.66 bits per heavy atom. The molecule has 4 aromatic rings. The lowest BCUT2D eigenvalue weighted by molar-refractivity contribution is 0.0950. The van der Waals surface area contributed by atoms with Crippen LogP contribution in [-0.4, -0.2) is 15.9 Å². The second-order valence-electron chi connectivity index (χ2n) is 6.41. The monoisotopic (exact) mass is 381 g/mol. The second-order valence-corrected chi connectivity index (χ2v) is 6.41. The summed E-state index contributed by atoms with van der Waals surface area (Å²) in [6, 6.07) is 26.6. The summed E-state index contributed by atoms with van der Waals surface area (Å²) in [5, 5.41) is 2.92. The average Bonchev–Trinajstić information content (AvgIpc) is 2.79. The van der Waals surface area contributed by atoms with Crippen LogP contribution < -0.4 is 10.1 Å². The molecule has 1 heterocycles. The van der Waals surface area contributed by atoms with Crippen LogP contribution >= 0.6 is 0 Å². The molecule has 1 N–H and O–H groups in total. The van der Waals surface area contributed by atoms with E-state index in [4.69, 9.17) is 4.74 Å². The quantitative estimate of drug-likeness (QED) is 0.518. The molecular weight excluding hydrogens is 362 g/mol. The van der Waals surface area contributed by atoms with Gasteiger partial charge in [0.05, 0.1) is 5.56 Å². The van der Waals surface area contributed by atoms with Crippen LogP contribution in [0.4, 0.5) is 0 Å². The minimum Gasteiger partial charge on any atom is -0.438 e. The molecule has 5 nitrogen and oxygen atoms in total. The third kappa shape index (κ3) is 4.65. The van der Waals surface area contributed by atoms with Crippen LogP contribution in [0.1, 0.15) is 15.9 Å². The van der Waals surface area contributed by atoms with Gasteiger partial charge in [0.25, 0.3) is 5.91 Å². The molecule has 0 fully saturated rings. The van der Waals surface area contributed by atoms with Crippen molar-refractivity contribution in [3.05, 3.63) is 109 Å². The van der Waals surface area contributed by atoms with Gasteiger partial charge in [0.15, 0.2) is 0 Å². The molecule has 0 atom stereocenters. The van der Waals surface area contributed by atoms with Crippen molar-refractivity contribution in [1.29, 1.82) is 0 Å². The van der Waals surface area contributed by atoms with Crippen LogP contribution in [0.15, 0.2) is 97.5 Å². The van der Waals surface area contributed by atoms with E-state index in [-0.39, 0.29) is 5.91 Å². The molecule has 1 amide bonds. The molecule has 4 rings (SSSR count). The van der Waals surface area contributed by atoms with Gasteiger partial charge in [-0.05, 0) is 29.3 Å². The van der Waals surface area contributed by atoms with E-state index >= 15 is 0 Å². The van der Waals surface area contributed by atoms with Gasteiger partial charge in [0.2, 0.25) is 5.88 Å². The molecule has 142 valence electrons. The maximum atomic E-state index is 12.5. The fourth-order valence-corrected chi connectivity index (χ4v) is 2.91. The number of amides is 1. The average molecular weight is 381 g/mol. The predicted molar refractivity (Wildman–Crippen MR) is 112 cm³/mol. The van der Waals surface area contributed by atoms with E-state index in [9.17, 15) is 4.79 Å². The molecule has 0 spiro atoms. The van der Waals surface area contributed by atoms with Crippen molar-refractivity contribution in [3.8, 4) is 22.8 Å². The first kappa shape index (κ1) is 18.4. The van der Waals surface area contributed by atoms with Crippen molar-refractivity contribution in [3.63, 3.8) is 0 Å². The Labute approximate surface area is 169 Å². The molecule has 1 aromatic heterocycles. The lowest BCUT2D eigenvalue weighted by Crippen LogP contribution is -2.22. The molecule has 5 heteroatoms. The van der Waals surface area contributed by atoms with Crippen molar-refractivity contribution < 1.29 is 9.53 Å². The van der Waals surface area contributed by atoms with E-state index < -0.39 is 0 Å². The Hall–Kier alpha value is -3.99. The van der Waals surface area contributed by atoms with Crippen molar-refractivity contribution in [2.75, 3.05) is 0 Å². The Morgan fingerprint density at radius 1 is 0.897 bits per heavy atom. The number of carbonyl (C=O) groups is 1. The maximum Gasteiger partial charge on any atom is 0.251 e. The van der Waals surface area contributed by atoms with Gasteiger partial charge < -0.3 is 10.1 Å². The van der Waals surface area contributed by atoms with Crippen LogP contribution in [0, 0.1) is 0 Å². The van der Waals surface area contributed by atoms with Crippen LogP contribution in [0.3, 0.4) is 0 Å². The van der Waals surface area contributed by atoms with E-state index in [0.29, 0.717) is 23.7 Å². The third-order valence-corrected chi connectivity index (χ3v) is 4.37. The SMILES string of the molecule is O=C(NCc1ccccc1)c1cccc(Oc2ncncc2-c2ccccc2)c1. The second kappa shape index (κ2) is 8.80. The molecular formula is C24H19N3O2. The molecule has 29 heavy (non-hydrogen) atoms. The highest BCUT2D eigenvalue weighted by Crippen LogP contribution is 2.30. The van der Waals surface area contributed by atoms with Gasteiger partial charge in [-0.25, -0.2) is 9.97 Å². The van der Waals surface area contributed by atoms with Gasteiger partial charge in [-0.3, -0.25) is 4.79 Å². The molecule has 0 radical (unpaired) electrons. The Bertz CT molecular complexity index is 1100. The van der Waals surface area contributed by atoms with Gasteiger partial charge in [-0.1, -0.05) is 66.7 Å². The lowest BCUT2D eigenvalue weighted by Gasteiger charge is -2.11. The molecule has 0 aliphatic carbocycles. The Kier molecular flexibility index (Phi) is 5.58. The molecule has 0 aliphatic heterocycles. The summed E-state index contributed by atoms with van der Waals surface area (Å²) in [7, 11) is 0. The molecule has 0 aliphatic rings. The number of aromatic nitrogens is 2. The third-order valence-electron chi connectivity index (χ3n) is 4.37. The van der Waals surface area contributed by atoms with Gasteiger partial charge in [0.1, 0.15) is 12.1 Å². The normalized spacial score (nSPS) is 10.3. The lowest BCUT2D eigenvalue weighted by atomic mass is 10.1. The zero-order valence-corrected chi connectivity index (χ0v) is 15.7. The summed E-state index contributed by atoms with van der Waals surface area (Å²) >= 11 is 0. The standard InChI is InChI=1S/C24H19N3O2/c28-23(26-15-18-8-3-1-4-9-18)20-12-7-13-21(14-20)29-24-22(16-25-17-27-24)19-10-5-2-6-11-19/h1-14,16-17H,15H2,(H,26,28). The fraction of sp³-hybridized carbons (Fsp3) is 0.0417. The minimum atomic E-state index is -0.162. The highest BCUT2D eigenvalue weighted by atomic mass is 16.5. The predicted octanol–water partition coefficient (Wildman–Crippen LogP) is 4.87. The van der Waals surface area contributed by atoms with Crippen molar-refractivity contribution in [1.82, 2.24) is 15.3 Å². The number of hydrogen-bond acceptors (Lipinski definition) is 4. The summed E-state index contributed by atoms with van der Waals surface area (Å²) in [6.07, 6.45) is 3.16. The highest BCUT2D eigenvalue weighted by Gasteiger charge is 2.11. The number of nitrogens with one attached hydrogen (secondary N) is 1. The zero-order chi connectivity index (χ0) is 19.9. The van der Waals surface area contributed by atoms with Crippen LogP contribution in [-0.2, 0) is 6.54 Å². The fourth-order valence-electron chi connectivity index (χ4n) is 2.91. The number of rotatable bonds is 6. The Morgan fingerprint density at radius 3 is 2.45 bits per heavy atom. The van der Waals surface area contributed by atoms with Crippen LogP contribution in [0.5, 0.6) is 11.6 Å². The van der Waals surface area contributed by atoms with E-state index in [0.717, 1.165) is 16.7 Å². The van der Waals surface area contributed by atoms with Crippen molar-refractivity contribution >= 4 is 5.91 Å². The molecule has 0 bridgehead atoms. The number of hydrogen-bond donors (Lipinski definition) is 1. The minimum absolute atomic E-state index is 0.162. The van der Waals surface area contributed by atoms with Gasteiger partial charge >= 0.3 is 0 Å². The topological polar surface area (TPSA) is 64.1 Å². The van der Waals surface area contributed by atoms with Crippen LogP contribution in [0.25, 0.3) is 11.1 Å². The smallest absolute Gasteiger partial charge is 0.251 e. The summed E-state index contributed by atoms with van der Waals surface area (Å²) in [5.41, 5.74) is 3.31. The molecule has 3 aromatic carbocycles. The van der Waals surface area contributed by atoms with Crippen LogP contribution in [0.2, 0.25) is 0 Å². The van der Waals surface area contributed by atoms with E-state index in [1.54, 1.807) is 30.5 Å². The summed E-state index contributed by atoms with van der Waals surface area (Å²) in [6.45, 7) is 0.467. The molecule has 0 unspecified atom stereocenters. The van der Waals surface area contributed by atoms with Crippen molar-refractivity contribution in [2.24, 2.45) is 0 Å². The summed E-state index contributed by atoms with van der Waals surface area (Å²) in [5.74, 6) is 0.812. The Balaban J connectivity index is 1.51. The van der Waals surface area contributed by atoms with E-state index in [1.807, 2.05) is 60.7 Å². The maximum absolute atomic E-state index is 12.5. The first-order chi connectivity index (χ1) is 14.3. The number of carbonyl (C=O) groups excluding carboxylic acids is 1. The molecule has 0 saturated heterocycles. The highest BCUT2D eigenvalue weighted by molar-refractivity contribution is 5.94. The number of nitrogens with zero attached hydrogens (tertiary/aromatic N) is 2. The van der Waals surface area contributed by atoms with E-state index in [2.05, 4.69) is 15.3 Å². The first-order valence-electron chi connectivity index (χ1n) is 9.25. The van der Waals surface area contributed by atoms with Gasteiger partial charge in [-0.2, -0.15) is 0 Å². The summed E-state index contributed by atoms with van der Waals surface area (Å²) in [4.78, 5) is 20.9. The van der Waals surface area contributed by atoms with Gasteiger partial charge in [0, 0.05) is 18.3 Å². The molecule has 0 saturated carbocycles. The van der Waals surface area contributed by atoms with Crippen molar-refractivity contribution in [2.45, 2.75) is 6.54 Å². The van der Waals surface area contributed by atoms with Gasteiger partial charge in [-0.15, -0.1) is 0 Å². The number of ether oxygens (including phenoxy) is 1. The summed E-state index contributed by atoms with van der Waals surface area (Å²) < 4.78 is 5.99. The van der Waals surface area contributed by atoms with E-state index in [1.165, 1.54) is 6.33 Å². The number of benzene rings is 3. The zero-order valence-electron chi connectivity index (χ0n) is 15.7. The first-order valence-corrected chi connectivity index (χ1v) is 9.25. The largest absolute Gasteiger partial charge is 0.438 e.